The molecule has 0 unspecified atom stereocenters. The van der Waals surface area contributed by atoms with Crippen LogP contribution < -0.4 is 20.1 Å². The van der Waals surface area contributed by atoms with E-state index in [9.17, 15) is 4.79 Å². The van der Waals surface area contributed by atoms with Gasteiger partial charge in [0, 0.05) is 0 Å². The molecule has 0 saturated carbocycles. The number of pyridine rings is 1. The number of aromatic nitrogens is 1. The van der Waals surface area contributed by atoms with Gasteiger partial charge < -0.3 is 20.1 Å². The van der Waals surface area contributed by atoms with Crippen molar-refractivity contribution < 1.29 is 14.3 Å². The largest absolute Gasteiger partial charge is 0.493 e. The summed E-state index contributed by atoms with van der Waals surface area (Å²) in [5.41, 5.74) is 2.75. The van der Waals surface area contributed by atoms with Crippen molar-refractivity contribution in [1.29, 1.82) is 5.26 Å². The fourth-order valence-corrected chi connectivity index (χ4v) is 2.75. The zero-order valence-electron chi connectivity index (χ0n) is 16.1. The lowest BCUT2D eigenvalue weighted by molar-refractivity contribution is -0.115. The Kier molecular flexibility index (Phi) is 6.28. The molecule has 1 amide bonds. The smallest absolute Gasteiger partial charge is 0.229 e. The van der Waals surface area contributed by atoms with E-state index in [1.165, 1.54) is 0 Å². The first kappa shape index (κ1) is 19.7. The summed E-state index contributed by atoms with van der Waals surface area (Å²) in [6.45, 7) is 0. The maximum atomic E-state index is 12.3. The highest BCUT2D eigenvalue weighted by atomic mass is 16.5. The first-order chi connectivity index (χ1) is 14.1. The zero-order valence-corrected chi connectivity index (χ0v) is 16.1. The lowest BCUT2D eigenvalue weighted by Gasteiger charge is -2.10. The molecule has 0 bridgehead atoms. The number of hydrogen-bond acceptors (Lipinski definition) is 6. The molecule has 0 aliphatic rings. The highest BCUT2D eigenvalue weighted by molar-refractivity contribution is 5.91. The molecule has 3 aromatic rings. The fraction of sp³-hybridized carbons (Fsp3) is 0.136. The van der Waals surface area contributed by atoms with Gasteiger partial charge in [-0.1, -0.05) is 18.2 Å². The molecule has 3 rings (SSSR count). The van der Waals surface area contributed by atoms with E-state index in [2.05, 4.69) is 21.7 Å². The molecule has 0 aliphatic heterocycles. The Labute approximate surface area is 168 Å². The number of hydrogen-bond donors (Lipinski definition) is 2. The molecule has 0 atom stereocenters. The lowest BCUT2D eigenvalue weighted by atomic mass is 10.1. The Morgan fingerprint density at radius 3 is 2.55 bits per heavy atom. The molecule has 29 heavy (non-hydrogen) atoms. The van der Waals surface area contributed by atoms with Crippen molar-refractivity contribution in [3.8, 4) is 17.6 Å². The van der Waals surface area contributed by atoms with Gasteiger partial charge in [-0.05, 0) is 42.0 Å². The maximum absolute atomic E-state index is 12.3. The van der Waals surface area contributed by atoms with Gasteiger partial charge in [0.05, 0.1) is 43.8 Å². The zero-order chi connectivity index (χ0) is 20.6. The number of nitrogens with one attached hydrogen (secondary N) is 2. The van der Waals surface area contributed by atoms with Crippen LogP contribution in [0.2, 0.25) is 0 Å². The fourth-order valence-electron chi connectivity index (χ4n) is 2.75. The average molecular weight is 388 g/mol. The average Bonchev–Trinajstić information content (AvgIpc) is 2.75. The van der Waals surface area contributed by atoms with E-state index < -0.39 is 0 Å². The summed E-state index contributed by atoms with van der Waals surface area (Å²) in [4.78, 5) is 16.6. The Morgan fingerprint density at radius 2 is 1.86 bits per heavy atom. The van der Waals surface area contributed by atoms with E-state index in [0.29, 0.717) is 34.3 Å². The number of benzene rings is 2. The van der Waals surface area contributed by atoms with Gasteiger partial charge in [-0.25, -0.2) is 4.98 Å². The highest BCUT2D eigenvalue weighted by Crippen LogP contribution is 2.27. The van der Waals surface area contributed by atoms with Crippen LogP contribution in [0, 0.1) is 11.3 Å². The van der Waals surface area contributed by atoms with Gasteiger partial charge in [-0.15, -0.1) is 0 Å². The minimum absolute atomic E-state index is 0.178. The van der Waals surface area contributed by atoms with Gasteiger partial charge in [0.1, 0.15) is 11.9 Å². The number of nitrogens with zero attached hydrogens (tertiary/aromatic N) is 2. The summed E-state index contributed by atoms with van der Waals surface area (Å²) in [7, 11) is 3.11. The molecule has 0 aliphatic carbocycles. The number of ether oxygens (including phenoxy) is 2. The van der Waals surface area contributed by atoms with Gasteiger partial charge in [-0.3, -0.25) is 4.79 Å². The Balaban J connectivity index is 1.62. The SMILES string of the molecule is COc1ccc(CC(=O)Nc2ccc(Nc3ccccc3C#N)cn2)cc1OC. The van der Waals surface area contributed by atoms with Crippen LogP contribution in [0.5, 0.6) is 11.5 Å². The Morgan fingerprint density at radius 1 is 1.07 bits per heavy atom. The first-order valence-corrected chi connectivity index (χ1v) is 8.86. The number of para-hydroxylation sites is 1. The molecule has 1 heterocycles. The second-order valence-electron chi connectivity index (χ2n) is 6.13. The third-order valence-electron chi connectivity index (χ3n) is 4.17. The molecule has 0 spiro atoms. The van der Waals surface area contributed by atoms with Crippen molar-refractivity contribution in [2.24, 2.45) is 0 Å². The van der Waals surface area contributed by atoms with Crippen molar-refractivity contribution in [2.75, 3.05) is 24.9 Å². The minimum atomic E-state index is -0.194. The number of methoxy groups -OCH3 is 2. The van der Waals surface area contributed by atoms with Crippen LogP contribution in [0.4, 0.5) is 17.2 Å². The van der Waals surface area contributed by atoms with Crippen LogP contribution >= 0.6 is 0 Å². The summed E-state index contributed by atoms with van der Waals surface area (Å²) < 4.78 is 10.5. The van der Waals surface area contributed by atoms with Crippen LogP contribution in [0.15, 0.2) is 60.8 Å². The standard InChI is InChI=1S/C22H20N4O3/c1-28-19-9-7-15(11-20(19)29-2)12-22(27)26-21-10-8-17(14-24-21)25-18-6-4-3-5-16(18)13-23/h3-11,14,25H,12H2,1-2H3,(H,24,26,27). The quantitative estimate of drug-likeness (QED) is 0.637. The van der Waals surface area contributed by atoms with E-state index in [0.717, 1.165) is 5.56 Å². The number of nitriles is 1. The Bertz CT molecular complexity index is 1040. The topological polar surface area (TPSA) is 96.3 Å². The number of anilines is 3. The molecular weight excluding hydrogens is 368 g/mol. The Hall–Kier alpha value is -4.05. The summed E-state index contributed by atoms with van der Waals surface area (Å²) in [5.74, 6) is 1.43. The molecule has 2 aromatic carbocycles. The predicted octanol–water partition coefficient (Wildman–Crippen LogP) is 3.90. The van der Waals surface area contributed by atoms with E-state index in [1.807, 2.05) is 18.2 Å². The highest BCUT2D eigenvalue weighted by Gasteiger charge is 2.09. The van der Waals surface area contributed by atoms with E-state index in [-0.39, 0.29) is 12.3 Å². The third kappa shape index (κ3) is 5.02. The lowest BCUT2D eigenvalue weighted by Crippen LogP contribution is -2.15. The molecule has 0 radical (unpaired) electrons. The van der Waals surface area contributed by atoms with Crippen LogP contribution in [-0.4, -0.2) is 25.1 Å². The van der Waals surface area contributed by atoms with Gasteiger partial charge in [0.25, 0.3) is 0 Å². The van der Waals surface area contributed by atoms with Crippen molar-refractivity contribution >= 4 is 23.1 Å². The van der Waals surface area contributed by atoms with Crippen LogP contribution in [0.1, 0.15) is 11.1 Å². The van der Waals surface area contributed by atoms with Crippen LogP contribution in [-0.2, 0) is 11.2 Å². The van der Waals surface area contributed by atoms with E-state index in [4.69, 9.17) is 14.7 Å². The van der Waals surface area contributed by atoms with E-state index >= 15 is 0 Å². The number of carbonyl (C=O) groups excluding carboxylic acids is 1. The monoisotopic (exact) mass is 388 g/mol. The van der Waals surface area contributed by atoms with Crippen LogP contribution in [0.25, 0.3) is 0 Å². The first-order valence-electron chi connectivity index (χ1n) is 8.86. The second kappa shape index (κ2) is 9.24. The van der Waals surface area contributed by atoms with Gasteiger partial charge in [0.15, 0.2) is 11.5 Å². The normalized spacial score (nSPS) is 9.97. The number of rotatable bonds is 7. The van der Waals surface area contributed by atoms with E-state index in [1.54, 1.807) is 56.8 Å². The minimum Gasteiger partial charge on any atom is -0.493 e. The summed E-state index contributed by atoms with van der Waals surface area (Å²) in [5, 5.41) is 15.1. The second-order valence-corrected chi connectivity index (χ2v) is 6.13. The van der Waals surface area contributed by atoms with Gasteiger partial charge in [-0.2, -0.15) is 5.26 Å². The van der Waals surface area contributed by atoms with Crippen molar-refractivity contribution in [2.45, 2.75) is 6.42 Å². The summed E-state index contributed by atoms with van der Waals surface area (Å²) in [6, 6.07) is 18.2. The predicted molar refractivity (Wildman–Crippen MR) is 111 cm³/mol. The number of carbonyl (C=O) groups is 1. The molecule has 146 valence electrons. The van der Waals surface area contributed by atoms with Gasteiger partial charge in [0.2, 0.25) is 5.91 Å². The van der Waals surface area contributed by atoms with Crippen molar-refractivity contribution in [3.05, 3.63) is 71.9 Å². The summed E-state index contributed by atoms with van der Waals surface area (Å²) >= 11 is 0. The number of amides is 1. The molecule has 7 heteroatoms. The molecule has 2 N–H and O–H groups in total. The van der Waals surface area contributed by atoms with Crippen molar-refractivity contribution in [3.63, 3.8) is 0 Å². The molecule has 0 saturated heterocycles. The third-order valence-corrected chi connectivity index (χ3v) is 4.17. The molecular formula is C22H20N4O3. The van der Waals surface area contributed by atoms with Gasteiger partial charge >= 0.3 is 0 Å². The summed E-state index contributed by atoms with van der Waals surface area (Å²) in [6.07, 6.45) is 1.78. The molecule has 7 nitrogen and oxygen atoms in total. The molecule has 0 fully saturated rings. The maximum Gasteiger partial charge on any atom is 0.229 e. The van der Waals surface area contributed by atoms with Crippen LogP contribution in [0.3, 0.4) is 0 Å². The van der Waals surface area contributed by atoms with Crippen molar-refractivity contribution in [1.82, 2.24) is 4.98 Å². The molecule has 1 aromatic heterocycles.